The third-order valence-corrected chi connectivity index (χ3v) is 6.48. The van der Waals surface area contributed by atoms with E-state index in [0.717, 1.165) is 56.7 Å². The minimum absolute atomic E-state index is 0.208. The van der Waals surface area contributed by atoms with Crippen molar-refractivity contribution in [2.75, 3.05) is 18.0 Å². The second kappa shape index (κ2) is 5.93. The predicted molar refractivity (Wildman–Crippen MR) is 101 cm³/mol. The van der Waals surface area contributed by atoms with Crippen molar-refractivity contribution in [2.24, 2.45) is 16.9 Å². The summed E-state index contributed by atoms with van der Waals surface area (Å²) in [5.41, 5.74) is 15.2. The van der Waals surface area contributed by atoms with E-state index in [1.54, 1.807) is 0 Å². The average molecular weight is 345 g/mol. The molecule has 4 N–H and O–H groups in total. The van der Waals surface area contributed by atoms with E-state index in [2.05, 4.69) is 37.8 Å². The summed E-state index contributed by atoms with van der Waals surface area (Å²) in [7, 11) is 0. The molecule has 2 atom stereocenters. The van der Waals surface area contributed by atoms with Gasteiger partial charge < -0.3 is 21.1 Å². The van der Waals surface area contributed by atoms with Crippen molar-refractivity contribution in [3.63, 3.8) is 0 Å². The van der Waals surface area contributed by atoms with Crippen LogP contribution in [0.3, 0.4) is 0 Å². The SMILES string of the molecule is CC[C@@H]1CN(c2ccc(C3(N)CC4(CC(N)C4)C3)c(C)n2)C[C@H](C)O1. The van der Waals surface area contributed by atoms with Crippen LogP contribution in [0.5, 0.6) is 0 Å². The van der Waals surface area contributed by atoms with Crippen LogP contribution in [0.2, 0.25) is 0 Å². The van der Waals surface area contributed by atoms with E-state index in [1.807, 2.05) is 0 Å². The number of pyridine rings is 1. The first-order chi connectivity index (χ1) is 11.8. The topological polar surface area (TPSA) is 77.4 Å². The van der Waals surface area contributed by atoms with Crippen molar-refractivity contribution >= 4 is 5.82 Å². The molecule has 1 aliphatic heterocycles. The van der Waals surface area contributed by atoms with Crippen molar-refractivity contribution in [1.29, 1.82) is 0 Å². The summed E-state index contributed by atoms with van der Waals surface area (Å²) >= 11 is 0. The van der Waals surface area contributed by atoms with Gasteiger partial charge in [-0.05, 0) is 63.0 Å². The average Bonchev–Trinajstić information content (AvgIpc) is 2.51. The van der Waals surface area contributed by atoms with E-state index < -0.39 is 0 Å². The van der Waals surface area contributed by atoms with Crippen molar-refractivity contribution in [1.82, 2.24) is 4.98 Å². The Balaban J connectivity index is 1.50. The molecule has 0 radical (unpaired) electrons. The van der Waals surface area contributed by atoms with E-state index in [4.69, 9.17) is 21.2 Å². The fraction of sp³-hybridized carbons (Fsp3) is 0.750. The second-order valence-electron chi connectivity index (χ2n) is 8.86. The first kappa shape index (κ1) is 17.3. The van der Waals surface area contributed by atoms with Crippen LogP contribution < -0.4 is 16.4 Å². The van der Waals surface area contributed by atoms with E-state index in [1.165, 1.54) is 5.56 Å². The molecular weight excluding hydrogens is 312 g/mol. The summed E-state index contributed by atoms with van der Waals surface area (Å²) in [5, 5.41) is 0. The molecule has 0 amide bonds. The first-order valence-electron chi connectivity index (χ1n) is 9.75. The van der Waals surface area contributed by atoms with E-state index >= 15 is 0 Å². The minimum Gasteiger partial charge on any atom is -0.372 e. The van der Waals surface area contributed by atoms with Crippen LogP contribution in [0, 0.1) is 12.3 Å². The smallest absolute Gasteiger partial charge is 0.128 e. The molecule has 1 aromatic rings. The maximum Gasteiger partial charge on any atom is 0.128 e. The largest absolute Gasteiger partial charge is 0.372 e. The number of nitrogens with two attached hydrogens (primary N) is 2. The monoisotopic (exact) mass is 344 g/mol. The van der Waals surface area contributed by atoms with Gasteiger partial charge in [-0.1, -0.05) is 13.0 Å². The molecule has 138 valence electrons. The second-order valence-corrected chi connectivity index (χ2v) is 8.86. The fourth-order valence-electron chi connectivity index (χ4n) is 5.53. The molecule has 25 heavy (non-hydrogen) atoms. The van der Waals surface area contributed by atoms with Gasteiger partial charge in [-0.15, -0.1) is 0 Å². The standard InChI is InChI=1S/C20H32N4O/c1-4-16-10-24(9-13(2)25-16)18-6-5-17(14(3)23-18)20(22)11-19(12-20)7-15(21)8-19/h5-6,13,15-16H,4,7-12,21-22H2,1-3H3/t13-,15?,16+,19?,20?/m0/s1. The quantitative estimate of drug-likeness (QED) is 0.881. The Morgan fingerprint density at radius 3 is 2.60 bits per heavy atom. The van der Waals surface area contributed by atoms with Gasteiger partial charge >= 0.3 is 0 Å². The molecule has 5 nitrogen and oxygen atoms in total. The number of hydrogen-bond donors (Lipinski definition) is 2. The highest BCUT2D eigenvalue weighted by molar-refractivity contribution is 5.45. The Kier molecular flexibility index (Phi) is 4.09. The summed E-state index contributed by atoms with van der Waals surface area (Å²) in [6.45, 7) is 8.24. The Morgan fingerprint density at radius 1 is 1.28 bits per heavy atom. The lowest BCUT2D eigenvalue weighted by molar-refractivity contribution is -0.0594. The zero-order chi connectivity index (χ0) is 17.8. The number of aryl methyl sites for hydroxylation is 1. The minimum atomic E-state index is -0.208. The molecule has 5 heteroatoms. The number of hydrogen-bond acceptors (Lipinski definition) is 5. The van der Waals surface area contributed by atoms with Crippen LogP contribution in [-0.4, -0.2) is 36.3 Å². The van der Waals surface area contributed by atoms with Gasteiger partial charge in [0.15, 0.2) is 0 Å². The van der Waals surface area contributed by atoms with Gasteiger partial charge in [-0.2, -0.15) is 0 Å². The maximum absolute atomic E-state index is 6.74. The number of rotatable bonds is 3. The van der Waals surface area contributed by atoms with Gasteiger partial charge in [0.05, 0.1) is 12.2 Å². The van der Waals surface area contributed by atoms with Crippen LogP contribution in [0.15, 0.2) is 12.1 Å². The summed E-state index contributed by atoms with van der Waals surface area (Å²) in [6, 6.07) is 4.75. The number of morpholine rings is 1. The molecule has 0 bridgehead atoms. The van der Waals surface area contributed by atoms with Crippen LogP contribution in [0.1, 0.15) is 57.2 Å². The molecule has 3 aliphatic rings. The van der Waals surface area contributed by atoms with Gasteiger partial charge in [-0.3, -0.25) is 0 Å². The van der Waals surface area contributed by atoms with Crippen molar-refractivity contribution in [3.05, 3.63) is 23.4 Å². The summed E-state index contributed by atoms with van der Waals surface area (Å²) < 4.78 is 5.97. The molecular formula is C20H32N4O. The molecule has 1 aromatic heterocycles. The Bertz CT molecular complexity index is 647. The molecule has 4 rings (SSSR count). The van der Waals surface area contributed by atoms with E-state index in [-0.39, 0.29) is 11.6 Å². The number of nitrogens with zero attached hydrogens (tertiary/aromatic N) is 2. The zero-order valence-corrected chi connectivity index (χ0v) is 15.8. The van der Waals surface area contributed by atoms with Gasteiger partial charge in [-0.25, -0.2) is 4.98 Å². The third-order valence-electron chi connectivity index (χ3n) is 6.48. The van der Waals surface area contributed by atoms with Crippen LogP contribution in [0.25, 0.3) is 0 Å². The first-order valence-corrected chi connectivity index (χ1v) is 9.75. The molecule has 0 unspecified atom stereocenters. The normalized spacial score (nSPS) is 40.7. The molecule has 2 aliphatic carbocycles. The van der Waals surface area contributed by atoms with E-state index in [0.29, 0.717) is 17.6 Å². The number of aromatic nitrogens is 1. The highest BCUT2D eigenvalue weighted by Gasteiger charge is 2.58. The summed E-state index contributed by atoms with van der Waals surface area (Å²) in [4.78, 5) is 7.28. The summed E-state index contributed by atoms with van der Waals surface area (Å²) in [6.07, 6.45) is 5.97. The van der Waals surface area contributed by atoms with Crippen LogP contribution in [0.4, 0.5) is 5.82 Å². The molecule has 3 fully saturated rings. The van der Waals surface area contributed by atoms with Gasteiger partial charge in [0.2, 0.25) is 0 Å². The molecule has 1 spiro atoms. The Hall–Kier alpha value is -1.17. The highest BCUT2D eigenvalue weighted by Crippen LogP contribution is 2.62. The van der Waals surface area contributed by atoms with Crippen molar-refractivity contribution in [2.45, 2.75) is 76.7 Å². The highest BCUT2D eigenvalue weighted by atomic mass is 16.5. The van der Waals surface area contributed by atoms with Crippen molar-refractivity contribution < 1.29 is 4.74 Å². The molecule has 2 saturated carbocycles. The number of ether oxygens (including phenoxy) is 1. The van der Waals surface area contributed by atoms with Gasteiger partial charge in [0.25, 0.3) is 0 Å². The lowest BCUT2D eigenvalue weighted by Crippen LogP contribution is -2.63. The molecule has 1 saturated heterocycles. The third kappa shape index (κ3) is 2.96. The van der Waals surface area contributed by atoms with Crippen LogP contribution >= 0.6 is 0 Å². The predicted octanol–water partition coefficient (Wildman–Crippen LogP) is 2.45. The zero-order valence-electron chi connectivity index (χ0n) is 15.8. The lowest BCUT2D eigenvalue weighted by atomic mass is 9.46. The maximum atomic E-state index is 6.74. The van der Waals surface area contributed by atoms with E-state index in [9.17, 15) is 0 Å². The van der Waals surface area contributed by atoms with Crippen molar-refractivity contribution in [3.8, 4) is 0 Å². The Labute approximate surface area is 151 Å². The van der Waals surface area contributed by atoms with Gasteiger partial charge in [0, 0.05) is 30.4 Å². The Morgan fingerprint density at radius 2 is 2.00 bits per heavy atom. The fourth-order valence-corrected chi connectivity index (χ4v) is 5.53. The molecule has 0 aromatic carbocycles. The lowest BCUT2D eigenvalue weighted by Gasteiger charge is -2.62. The van der Waals surface area contributed by atoms with Crippen LogP contribution in [-0.2, 0) is 10.3 Å². The number of anilines is 1. The summed E-state index contributed by atoms with van der Waals surface area (Å²) in [5.74, 6) is 1.05. The molecule has 2 heterocycles. The van der Waals surface area contributed by atoms with Gasteiger partial charge in [0.1, 0.15) is 5.82 Å².